The molecule has 0 spiro atoms. The number of benzene rings is 2. The lowest BCUT2D eigenvalue weighted by molar-refractivity contribution is 0.0693. The quantitative estimate of drug-likeness (QED) is 0.600. The molecule has 2 nitrogen and oxygen atoms in total. The lowest BCUT2D eigenvalue weighted by Gasteiger charge is -2.07. The third kappa shape index (κ3) is 2.86. The molecule has 0 saturated heterocycles. The van der Waals surface area contributed by atoms with Crippen molar-refractivity contribution in [2.75, 3.05) is 0 Å². The first kappa shape index (κ1) is 12.1. The molecule has 0 N–H and O–H groups in total. The zero-order valence-electron chi connectivity index (χ0n) is 10.2. The van der Waals surface area contributed by atoms with Gasteiger partial charge in [0.2, 0.25) is 0 Å². The molecule has 90 valence electrons. The van der Waals surface area contributed by atoms with E-state index in [1.54, 1.807) is 12.1 Å². The van der Waals surface area contributed by atoms with Gasteiger partial charge in [0.05, 0.1) is 5.56 Å². The predicted molar refractivity (Wildman–Crippen MR) is 72.1 cm³/mol. The number of ether oxygens (including phenoxy) is 1. The Morgan fingerprint density at radius 1 is 0.944 bits per heavy atom. The molecule has 0 heterocycles. The highest BCUT2D eigenvalue weighted by Crippen LogP contribution is 2.15. The Hall–Kier alpha value is -2.35. The number of carbonyl (C=O) groups is 1. The average Bonchev–Trinajstić information content (AvgIpc) is 2.40. The van der Waals surface area contributed by atoms with E-state index >= 15 is 0 Å². The van der Waals surface area contributed by atoms with Crippen LogP contribution in [0, 0.1) is 6.92 Å². The lowest BCUT2D eigenvalue weighted by atomic mass is 10.1. The van der Waals surface area contributed by atoms with Crippen molar-refractivity contribution in [2.45, 2.75) is 6.92 Å². The number of hydrogen-bond donors (Lipinski definition) is 0. The van der Waals surface area contributed by atoms with Crippen LogP contribution in [0.15, 0.2) is 61.2 Å². The summed E-state index contributed by atoms with van der Waals surface area (Å²) in [6.45, 7) is 5.74. The first-order chi connectivity index (χ1) is 8.66. The fourth-order valence-electron chi connectivity index (χ4n) is 1.54. The van der Waals surface area contributed by atoms with E-state index in [4.69, 9.17) is 4.74 Å². The molecule has 2 aromatic carbocycles. The van der Waals surface area contributed by atoms with Crippen LogP contribution in [0.4, 0.5) is 0 Å². The summed E-state index contributed by atoms with van der Waals surface area (Å²) in [6.07, 6.45) is 0. The van der Waals surface area contributed by atoms with Crippen molar-refractivity contribution in [3.05, 3.63) is 77.9 Å². The zero-order valence-corrected chi connectivity index (χ0v) is 10.2. The maximum absolute atomic E-state index is 11.9. The van der Waals surface area contributed by atoms with E-state index < -0.39 is 0 Å². The van der Waals surface area contributed by atoms with E-state index in [0.29, 0.717) is 11.3 Å². The Morgan fingerprint density at radius 3 is 2.17 bits per heavy atom. The van der Waals surface area contributed by atoms with Gasteiger partial charge >= 0.3 is 5.97 Å². The second-order valence-corrected chi connectivity index (χ2v) is 4.04. The van der Waals surface area contributed by atoms with Gasteiger partial charge in [0.25, 0.3) is 0 Å². The van der Waals surface area contributed by atoms with Crippen molar-refractivity contribution in [1.82, 2.24) is 0 Å². The predicted octanol–water partition coefficient (Wildman–Crippen LogP) is 3.82. The highest BCUT2D eigenvalue weighted by molar-refractivity contribution is 5.92. The van der Waals surface area contributed by atoms with Crippen LogP contribution in [0.1, 0.15) is 21.5 Å². The van der Waals surface area contributed by atoms with Crippen molar-refractivity contribution >= 4 is 11.7 Å². The third-order valence-electron chi connectivity index (χ3n) is 2.60. The summed E-state index contributed by atoms with van der Waals surface area (Å²) in [6, 6.07) is 16.6. The summed E-state index contributed by atoms with van der Waals surface area (Å²) < 4.78 is 5.23. The molecule has 0 aromatic heterocycles. The van der Waals surface area contributed by atoms with Crippen molar-refractivity contribution in [1.29, 1.82) is 0 Å². The van der Waals surface area contributed by atoms with E-state index in [9.17, 15) is 4.79 Å². The largest absolute Gasteiger partial charge is 0.423 e. The van der Waals surface area contributed by atoms with Gasteiger partial charge in [0.1, 0.15) is 5.76 Å². The summed E-state index contributed by atoms with van der Waals surface area (Å²) in [5, 5.41) is 0. The minimum absolute atomic E-state index is 0.362. The molecule has 2 rings (SSSR count). The van der Waals surface area contributed by atoms with Gasteiger partial charge in [-0.1, -0.05) is 54.6 Å². The van der Waals surface area contributed by atoms with Crippen LogP contribution in [0.5, 0.6) is 0 Å². The van der Waals surface area contributed by atoms with Gasteiger partial charge in [-0.3, -0.25) is 0 Å². The molecule has 0 amide bonds. The van der Waals surface area contributed by atoms with E-state index in [1.165, 1.54) is 0 Å². The topological polar surface area (TPSA) is 26.3 Å². The summed E-state index contributed by atoms with van der Waals surface area (Å²) in [4.78, 5) is 11.9. The van der Waals surface area contributed by atoms with Crippen LogP contribution in [0.25, 0.3) is 5.76 Å². The Kier molecular flexibility index (Phi) is 3.58. The van der Waals surface area contributed by atoms with Crippen molar-refractivity contribution in [2.24, 2.45) is 0 Å². The number of carbonyl (C=O) groups excluding carboxylic acids is 1. The van der Waals surface area contributed by atoms with Crippen LogP contribution in [0.2, 0.25) is 0 Å². The molecule has 2 aromatic rings. The van der Waals surface area contributed by atoms with Gasteiger partial charge in [0.15, 0.2) is 0 Å². The molecule has 0 fully saturated rings. The number of rotatable bonds is 3. The molecular formula is C16H14O2. The summed E-state index contributed by atoms with van der Waals surface area (Å²) in [5.74, 6) is -0.0231. The normalized spacial score (nSPS) is 9.83. The van der Waals surface area contributed by atoms with Crippen molar-refractivity contribution in [3.8, 4) is 0 Å². The zero-order chi connectivity index (χ0) is 13.0. The number of esters is 1. The molecular weight excluding hydrogens is 224 g/mol. The van der Waals surface area contributed by atoms with Gasteiger partial charge < -0.3 is 4.74 Å². The summed E-state index contributed by atoms with van der Waals surface area (Å²) in [7, 11) is 0. The van der Waals surface area contributed by atoms with Crippen LogP contribution < -0.4 is 0 Å². The molecule has 0 aliphatic rings. The second kappa shape index (κ2) is 5.32. The van der Waals surface area contributed by atoms with Gasteiger partial charge in [-0.25, -0.2) is 4.79 Å². The Morgan fingerprint density at radius 2 is 1.56 bits per heavy atom. The van der Waals surface area contributed by atoms with Gasteiger partial charge in [0, 0.05) is 5.56 Å². The minimum atomic E-state index is -0.385. The number of aryl methyl sites for hydroxylation is 1. The van der Waals surface area contributed by atoms with E-state index in [1.807, 2.05) is 49.4 Å². The number of hydrogen-bond acceptors (Lipinski definition) is 2. The lowest BCUT2D eigenvalue weighted by Crippen LogP contribution is -2.03. The first-order valence-electron chi connectivity index (χ1n) is 5.70. The van der Waals surface area contributed by atoms with Crippen LogP contribution in [-0.2, 0) is 4.74 Å². The molecule has 18 heavy (non-hydrogen) atoms. The van der Waals surface area contributed by atoms with Crippen molar-refractivity contribution in [3.63, 3.8) is 0 Å². The Bertz CT molecular complexity index is 553. The van der Waals surface area contributed by atoms with Gasteiger partial charge in [-0.15, -0.1) is 0 Å². The summed E-state index contributed by atoms with van der Waals surface area (Å²) in [5.41, 5.74) is 2.43. The molecule has 0 saturated carbocycles. The SMILES string of the molecule is C=C(OC(=O)c1ccc(C)cc1)c1ccccc1. The van der Waals surface area contributed by atoms with Crippen LogP contribution >= 0.6 is 0 Å². The summed E-state index contributed by atoms with van der Waals surface area (Å²) >= 11 is 0. The second-order valence-electron chi connectivity index (χ2n) is 4.04. The molecule has 0 aliphatic heterocycles. The maximum Gasteiger partial charge on any atom is 0.343 e. The standard InChI is InChI=1S/C16H14O2/c1-12-8-10-15(11-9-12)16(17)18-13(2)14-6-4-3-5-7-14/h3-11H,2H2,1H3. The fraction of sp³-hybridized carbons (Fsp3) is 0.0625. The highest BCUT2D eigenvalue weighted by Gasteiger charge is 2.09. The maximum atomic E-state index is 11.9. The third-order valence-corrected chi connectivity index (χ3v) is 2.60. The van der Waals surface area contributed by atoms with E-state index in [2.05, 4.69) is 6.58 Å². The molecule has 0 radical (unpaired) electrons. The van der Waals surface area contributed by atoms with Crippen molar-refractivity contribution < 1.29 is 9.53 Å². The van der Waals surface area contributed by atoms with E-state index in [-0.39, 0.29) is 5.97 Å². The monoisotopic (exact) mass is 238 g/mol. The van der Waals surface area contributed by atoms with E-state index in [0.717, 1.165) is 11.1 Å². The molecule has 0 bridgehead atoms. The molecule has 2 heteroatoms. The smallest absolute Gasteiger partial charge is 0.343 e. The molecule has 0 atom stereocenters. The first-order valence-corrected chi connectivity index (χ1v) is 5.70. The minimum Gasteiger partial charge on any atom is -0.423 e. The molecule has 0 unspecified atom stereocenters. The van der Waals surface area contributed by atoms with Crippen LogP contribution in [-0.4, -0.2) is 5.97 Å². The Balaban J connectivity index is 2.08. The van der Waals surface area contributed by atoms with Gasteiger partial charge in [-0.05, 0) is 19.1 Å². The molecule has 0 aliphatic carbocycles. The van der Waals surface area contributed by atoms with Crippen LogP contribution in [0.3, 0.4) is 0 Å². The highest BCUT2D eigenvalue weighted by atomic mass is 16.5. The average molecular weight is 238 g/mol. The van der Waals surface area contributed by atoms with Gasteiger partial charge in [-0.2, -0.15) is 0 Å². The fourth-order valence-corrected chi connectivity index (χ4v) is 1.54. The Labute approximate surface area is 107 Å².